The van der Waals surface area contributed by atoms with E-state index in [4.69, 9.17) is 9.47 Å². The number of methoxy groups -OCH3 is 2. The minimum absolute atomic E-state index is 0.0217. The smallest absolute Gasteiger partial charge is 0.256 e. The third kappa shape index (κ3) is 2.00. The molecule has 0 bridgehead atoms. The summed E-state index contributed by atoms with van der Waals surface area (Å²) in [6, 6.07) is 7.68. The quantitative estimate of drug-likeness (QED) is 0.854. The highest BCUT2D eigenvalue weighted by Gasteiger charge is 2.38. The van der Waals surface area contributed by atoms with E-state index in [1.165, 1.54) is 0 Å². The lowest BCUT2D eigenvalue weighted by Gasteiger charge is -2.41. The van der Waals surface area contributed by atoms with Gasteiger partial charge in [-0.3, -0.25) is 9.78 Å². The standard InChI is InChI=1S/C18H18N2O3/c1-22-16-6-5-11-12(17(16)23-2)7-9-20-15(11)10-14-13(18(20)21)4-3-8-19-14/h3-6,8,15H,7,9-10H2,1-2H3. The van der Waals surface area contributed by atoms with Crippen LogP contribution in [0.5, 0.6) is 11.5 Å². The van der Waals surface area contributed by atoms with Crippen LogP contribution in [0.4, 0.5) is 0 Å². The second kappa shape index (κ2) is 5.26. The van der Waals surface area contributed by atoms with Gasteiger partial charge in [-0.1, -0.05) is 6.07 Å². The normalized spacial score (nSPS) is 18.8. The molecule has 1 unspecified atom stereocenters. The molecule has 0 aliphatic carbocycles. The van der Waals surface area contributed by atoms with Crippen LogP contribution in [0.15, 0.2) is 30.5 Å². The van der Waals surface area contributed by atoms with Gasteiger partial charge in [0.1, 0.15) is 0 Å². The number of hydrogen-bond acceptors (Lipinski definition) is 4. The molecule has 1 atom stereocenters. The maximum Gasteiger partial charge on any atom is 0.256 e. The highest BCUT2D eigenvalue weighted by molar-refractivity contribution is 5.97. The summed E-state index contributed by atoms with van der Waals surface area (Å²) in [5.74, 6) is 1.59. The van der Waals surface area contributed by atoms with Gasteiger partial charge in [-0.05, 0) is 30.2 Å². The van der Waals surface area contributed by atoms with E-state index >= 15 is 0 Å². The number of pyridine rings is 1. The van der Waals surface area contributed by atoms with Gasteiger partial charge in [0.15, 0.2) is 11.5 Å². The van der Waals surface area contributed by atoms with Crippen LogP contribution < -0.4 is 9.47 Å². The van der Waals surface area contributed by atoms with Crippen LogP contribution in [0.1, 0.15) is 33.2 Å². The van der Waals surface area contributed by atoms with Crippen LogP contribution in [0.25, 0.3) is 0 Å². The molecular weight excluding hydrogens is 292 g/mol. The zero-order valence-corrected chi connectivity index (χ0v) is 13.2. The van der Waals surface area contributed by atoms with E-state index in [0.717, 1.165) is 46.7 Å². The molecule has 1 amide bonds. The monoisotopic (exact) mass is 310 g/mol. The summed E-state index contributed by atoms with van der Waals surface area (Å²) in [6.07, 6.45) is 3.26. The van der Waals surface area contributed by atoms with Crippen molar-refractivity contribution >= 4 is 5.91 Å². The SMILES string of the molecule is COc1ccc2c(c1OC)CCN1C(=O)c3cccnc3CC21. The molecule has 2 aliphatic rings. The molecule has 3 heterocycles. The Morgan fingerprint density at radius 3 is 2.87 bits per heavy atom. The highest BCUT2D eigenvalue weighted by Crippen LogP contribution is 2.43. The van der Waals surface area contributed by atoms with Gasteiger partial charge in [0.2, 0.25) is 0 Å². The van der Waals surface area contributed by atoms with Gasteiger partial charge in [-0.15, -0.1) is 0 Å². The fourth-order valence-corrected chi connectivity index (χ4v) is 3.73. The minimum Gasteiger partial charge on any atom is -0.493 e. The minimum atomic E-state index is 0.0217. The summed E-state index contributed by atoms with van der Waals surface area (Å²) in [5.41, 5.74) is 3.88. The van der Waals surface area contributed by atoms with Crippen molar-refractivity contribution in [3.63, 3.8) is 0 Å². The van der Waals surface area contributed by atoms with E-state index in [9.17, 15) is 4.79 Å². The van der Waals surface area contributed by atoms with E-state index in [-0.39, 0.29) is 11.9 Å². The number of nitrogens with zero attached hydrogens (tertiary/aromatic N) is 2. The fourth-order valence-electron chi connectivity index (χ4n) is 3.73. The van der Waals surface area contributed by atoms with Crippen molar-refractivity contribution in [2.24, 2.45) is 0 Å². The van der Waals surface area contributed by atoms with Gasteiger partial charge >= 0.3 is 0 Å². The molecule has 1 aromatic carbocycles. The number of amides is 1. The molecule has 5 heteroatoms. The first-order valence-corrected chi connectivity index (χ1v) is 7.73. The Bertz CT molecular complexity index is 788. The van der Waals surface area contributed by atoms with Crippen molar-refractivity contribution in [1.29, 1.82) is 0 Å². The Hall–Kier alpha value is -2.56. The molecule has 2 aromatic rings. The summed E-state index contributed by atoms with van der Waals surface area (Å²) in [6.45, 7) is 0.689. The van der Waals surface area contributed by atoms with Gasteiger partial charge in [-0.2, -0.15) is 0 Å². The Morgan fingerprint density at radius 2 is 2.09 bits per heavy atom. The molecule has 1 aromatic heterocycles. The first-order chi connectivity index (χ1) is 11.2. The molecular formula is C18H18N2O3. The Kier molecular flexibility index (Phi) is 3.22. The molecule has 0 saturated heterocycles. The van der Waals surface area contributed by atoms with Crippen LogP contribution in [-0.2, 0) is 12.8 Å². The molecule has 0 fully saturated rings. The third-order valence-corrected chi connectivity index (χ3v) is 4.79. The summed E-state index contributed by atoms with van der Waals surface area (Å²) in [4.78, 5) is 19.1. The summed E-state index contributed by atoms with van der Waals surface area (Å²) >= 11 is 0. The summed E-state index contributed by atoms with van der Waals surface area (Å²) in [7, 11) is 3.30. The summed E-state index contributed by atoms with van der Waals surface area (Å²) in [5, 5.41) is 0. The topological polar surface area (TPSA) is 51.7 Å². The zero-order chi connectivity index (χ0) is 16.0. The van der Waals surface area contributed by atoms with Crippen molar-refractivity contribution in [3.05, 3.63) is 52.8 Å². The van der Waals surface area contributed by atoms with Crippen LogP contribution in [0.3, 0.4) is 0 Å². The average molecular weight is 310 g/mol. The molecule has 118 valence electrons. The van der Waals surface area contributed by atoms with E-state index in [1.54, 1.807) is 20.4 Å². The van der Waals surface area contributed by atoms with Crippen LogP contribution >= 0.6 is 0 Å². The van der Waals surface area contributed by atoms with Crippen LogP contribution in [0, 0.1) is 0 Å². The maximum absolute atomic E-state index is 12.8. The largest absolute Gasteiger partial charge is 0.493 e. The van der Waals surface area contributed by atoms with Crippen molar-refractivity contribution < 1.29 is 14.3 Å². The van der Waals surface area contributed by atoms with Crippen molar-refractivity contribution in [3.8, 4) is 11.5 Å². The van der Waals surface area contributed by atoms with E-state index in [1.807, 2.05) is 23.1 Å². The first-order valence-electron chi connectivity index (χ1n) is 7.73. The molecule has 0 radical (unpaired) electrons. The lowest BCUT2D eigenvalue weighted by molar-refractivity contribution is 0.0627. The Balaban J connectivity index is 1.84. The second-order valence-electron chi connectivity index (χ2n) is 5.83. The number of aromatic nitrogens is 1. The lowest BCUT2D eigenvalue weighted by Crippen LogP contribution is -2.44. The number of hydrogen-bond donors (Lipinski definition) is 0. The number of ether oxygens (including phenoxy) is 2. The number of benzene rings is 1. The number of fused-ring (bicyclic) bond motifs is 4. The highest BCUT2D eigenvalue weighted by atomic mass is 16.5. The molecule has 0 N–H and O–H groups in total. The molecule has 5 nitrogen and oxygen atoms in total. The van der Waals surface area contributed by atoms with Crippen LogP contribution in [0.2, 0.25) is 0 Å². The van der Waals surface area contributed by atoms with E-state index in [0.29, 0.717) is 6.54 Å². The Labute approximate surface area is 134 Å². The Morgan fingerprint density at radius 1 is 1.22 bits per heavy atom. The van der Waals surface area contributed by atoms with Crippen molar-refractivity contribution in [1.82, 2.24) is 9.88 Å². The molecule has 4 rings (SSSR count). The van der Waals surface area contributed by atoms with Crippen molar-refractivity contribution in [2.75, 3.05) is 20.8 Å². The summed E-state index contributed by atoms with van der Waals surface area (Å²) < 4.78 is 11.0. The number of carbonyl (C=O) groups is 1. The second-order valence-corrected chi connectivity index (χ2v) is 5.83. The number of rotatable bonds is 2. The van der Waals surface area contributed by atoms with Gasteiger partial charge in [-0.25, -0.2) is 0 Å². The lowest BCUT2D eigenvalue weighted by atomic mass is 9.85. The van der Waals surface area contributed by atoms with Gasteiger partial charge in [0.05, 0.1) is 31.5 Å². The fraction of sp³-hybridized carbons (Fsp3) is 0.333. The van der Waals surface area contributed by atoms with Gasteiger partial charge < -0.3 is 14.4 Å². The number of carbonyl (C=O) groups excluding carboxylic acids is 1. The predicted molar refractivity (Wildman–Crippen MR) is 85.0 cm³/mol. The first kappa shape index (κ1) is 14.1. The molecule has 0 spiro atoms. The van der Waals surface area contributed by atoms with Crippen LogP contribution in [-0.4, -0.2) is 36.6 Å². The molecule has 0 saturated carbocycles. The van der Waals surface area contributed by atoms with Gasteiger partial charge in [0.25, 0.3) is 5.91 Å². The third-order valence-electron chi connectivity index (χ3n) is 4.79. The van der Waals surface area contributed by atoms with Crippen molar-refractivity contribution in [2.45, 2.75) is 18.9 Å². The van der Waals surface area contributed by atoms with E-state index < -0.39 is 0 Å². The van der Waals surface area contributed by atoms with E-state index in [2.05, 4.69) is 11.1 Å². The predicted octanol–water partition coefficient (Wildman–Crippen LogP) is 2.39. The average Bonchev–Trinajstić information content (AvgIpc) is 2.60. The van der Waals surface area contributed by atoms with Gasteiger partial charge in [0, 0.05) is 24.7 Å². The zero-order valence-electron chi connectivity index (χ0n) is 13.2. The molecule has 2 aliphatic heterocycles. The maximum atomic E-state index is 12.8. The molecule has 23 heavy (non-hydrogen) atoms.